The van der Waals surface area contributed by atoms with Gasteiger partial charge in [-0.25, -0.2) is 0 Å². The van der Waals surface area contributed by atoms with Gasteiger partial charge in [-0.3, -0.25) is 4.79 Å². The molecule has 0 saturated carbocycles. The van der Waals surface area contributed by atoms with Gasteiger partial charge in [0.1, 0.15) is 24.7 Å². The van der Waals surface area contributed by atoms with Gasteiger partial charge in [0.2, 0.25) is 5.91 Å². The van der Waals surface area contributed by atoms with Crippen molar-refractivity contribution in [1.82, 2.24) is 0 Å². The van der Waals surface area contributed by atoms with E-state index in [0.29, 0.717) is 36.1 Å². The van der Waals surface area contributed by atoms with Crippen LogP contribution in [0.15, 0.2) is 30.3 Å². The van der Waals surface area contributed by atoms with Crippen LogP contribution in [0, 0.1) is 6.92 Å². The van der Waals surface area contributed by atoms with E-state index in [1.807, 2.05) is 19.1 Å². The first-order valence-electron chi connectivity index (χ1n) is 8.01. The van der Waals surface area contributed by atoms with Gasteiger partial charge in [0.15, 0.2) is 11.5 Å². The molecule has 2 aromatic carbocycles. The van der Waals surface area contributed by atoms with E-state index in [-0.39, 0.29) is 12.3 Å². The number of hydrogen-bond acceptors (Lipinski definition) is 5. The maximum absolute atomic E-state index is 12.4. The molecule has 1 aliphatic rings. The smallest absolute Gasteiger partial charge is 0.228 e. The van der Waals surface area contributed by atoms with Crippen molar-refractivity contribution in [2.75, 3.05) is 32.8 Å². The number of anilines is 1. The Morgan fingerprint density at radius 2 is 1.76 bits per heavy atom. The molecule has 6 nitrogen and oxygen atoms in total. The van der Waals surface area contributed by atoms with Crippen molar-refractivity contribution < 1.29 is 23.7 Å². The molecule has 1 aliphatic heterocycles. The molecule has 25 heavy (non-hydrogen) atoms. The Hall–Kier alpha value is -2.89. The Morgan fingerprint density at radius 1 is 1.04 bits per heavy atom. The number of carbonyl (C=O) groups is 1. The average Bonchev–Trinajstić information content (AvgIpc) is 2.62. The van der Waals surface area contributed by atoms with Crippen molar-refractivity contribution in [1.29, 1.82) is 0 Å². The number of amides is 1. The summed E-state index contributed by atoms with van der Waals surface area (Å²) in [6.45, 7) is 2.97. The van der Waals surface area contributed by atoms with Crippen molar-refractivity contribution in [2.45, 2.75) is 13.3 Å². The highest BCUT2D eigenvalue weighted by Crippen LogP contribution is 2.33. The SMILES string of the molecule is COc1cc(CC(=O)Nc2ccc3c(c2)OCCO3)c(OC)cc1C. The Bertz CT molecular complexity index is 788. The van der Waals surface area contributed by atoms with Gasteiger partial charge in [-0.05, 0) is 36.8 Å². The number of rotatable bonds is 5. The monoisotopic (exact) mass is 343 g/mol. The van der Waals surface area contributed by atoms with Crippen LogP contribution in [-0.4, -0.2) is 33.3 Å². The highest BCUT2D eigenvalue weighted by atomic mass is 16.6. The number of ether oxygens (including phenoxy) is 4. The lowest BCUT2D eigenvalue weighted by atomic mass is 10.1. The van der Waals surface area contributed by atoms with Crippen LogP contribution in [0.2, 0.25) is 0 Å². The van der Waals surface area contributed by atoms with Crippen molar-refractivity contribution in [2.24, 2.45) is 0 Å². The zero-order valence-electron chi connectivity index (χ0n) is 14.5. The Kier molecular flexibility index (Phi) is 4.97. The van der Waals surface area contributed by atoms with E-state index in [0.717, 1.165) is 16.9 Å². The summed E-state index contributed by atoms with van der Waals surface area (Å²) >= 11 is 0. The molecule has 3 rings (SSSR count). The van der Waals surface area contributed by atoms with Gasteiger partial charge in [0.25, 0.3) is 0 Å². The molecular formula is C19H21NO5. The fourth-order valence-corrected chi connectivity index (χ4v) is 2.75. The third kappa shape index (κ3) is 3.79. The maximum atomic E-state index is 12.4. The minimum Gasteiger partial charge on any atom is -0.496 e. The molecule has 132 valence electrons. The van der Waals surface area contributed by atoms with Crippen molar-refractivity contribution in [3.8, 4) is 23.0 Å². The summed E-state index contributed by atoms with van der Waals surface area (Å²) in [5.41, 5.74) is 2.38. The molecule has 0 spiro atoms. The van der Waals surface area contributed by atoms with Crippen LogP contribution in [0.25, 0.3) is 0 Å². The normalized spacial score (nSPS) is 12.4. The lowest BCUT2D eigenvalue weighted by Gasteiger charge is -2.19. The van der Waals surface area contributed by atoms with Crippen LogP contribution >= 0.6 is 0 Å². The molecule has 0 bridgehead atoms. The number of carbonyl (C=O) groups excluding carboxylic acids is 1. The molecule has 2 aromatic rings. The van der Waals surface area contributed by atoms with Crippen molar-refractivity contribution in [3.05, 3.63) is 41.5 Å². The quantitative estimate of drug-likeness (QED) is 0.904. The number of hydrogen-bond donors (Lipinski definition) is 1. The minimum absolute atomic E-state index is 0.152. The standard InChI is InChI=1S/C19H21NO5/c1-12-8-17(23-3)13(9-16(12)22-2)10-19(21)20-14-4-5-15-18(11-14)25-7-6-24-15/h4-5,8-9,11H,6-7,10H2,1-3H3,(H,20,21). The summed E-state index contributed by atoms with van der Waals surface area (Å²) < 4.78 is 21.7. The Labute approximate surface area is 146 Å². The highest BCUT2D eigenvalue weighted by molar-refractivity contribution is 5.93. The number of fused-ring (bicyclic) bond motifs is 1. The molecule has 6 heteroatoms. The van der Waals surface area contributed by atoms with Crippen LogP contribution in [0.4, 0.5) is 5.69 Å². The van der Waals surface area contributed by atoms with Gasteiger partial charge in [-0.15, -0.1) is 0 Å². The Morgan fingerprint density at radius 3 is 2.48 bits per heavy atom. The molecule has 0 aliphatic carbocycles. The number of aryl methyl sites for hydroxylation is 1. The van der Waals surface area contributed by atoms with Crippen molar-refractivity contribution >= 4 is 11.6 Å². The first kappa shape index (κ1) is 17.0. The highest BCUT2D eigenvalue weighted by Gasteiger charge is 2.15. The maximum Gasteiger partial charge on any atom is 0.228 e. The van der Waals surface area contributed by atoms with Gasteiger partial charge in [-0.1, -0.05) is 0 Å². The van der Waals surface area contributed by atoms with Crippen LogP contribution < -0.4 is 24.3 Å². The second-order valence-corrected chi connectivity index (χ2v) is 5.72. The molecule has 1 heterocycles. The molecule has 0 unspecified atom stereocenters. The summed E-state index contributed by atoms with van der Waals surface area (Å²) in [5, 5.41) is 2.87. The molecule has 1 N–H and O–H groups in total. The van der Waals surface area contributed by atoms with Gasteiger partial charge < -0.3 is 24.3 Å². The number of nitrogens with one attached hydrogen (secondary N) is 1. The van der Waals surface area contributed by atoms with Gasteiger partial charge >= 0.3 is 0 Å². The largest absolute Gasteiger partial charge is 0.496 e. The van der Waals surface area contributed by atoms with E-state index < -0.39 is 0 Å². The van der Waals surface area contributed by atoms with E-state index in [1.54, 1.807) is 32.4 Å². The molecule has 0 saturated heterocycles. The van der Waals surface area contributed by atoms with E-state index in [4.69, 9.17) is 18.9 Å². The molecule has 0 radical (unpaired) electrons. The second kappa shape index (κ2) is 7.34. The summed E-state index contributed by atoms with van der Waals surface area (Å²) in [7, 11) is 3.19. The summed E-state index contributed by atoms with van der Waals surface area (Å²) in [6, 6.07) is 9.04. The van der Waals surface area contributed by atoms with E-state index >= 15 is 0 Å². The molecule has 0 fully saturated rings. The fraction of sp³-hybridized carbons (Fsp3) is 0.316. The first-order valence-corrected chi connectivity index (χ1v) is 8.01. The van der Waals surface area contributed by atoms with Crippen LogP contribution in [0.1, 0.15) is 11.1 Å². The summed E-state index contributed by atoms with van der Waals surface area (Å²) in [4.78, 5) is 12.4. The van der Waals surface area contributed by atoms with Crippen LogP contribution in [0.3, 0.4) is 0 Å². The number of benzene rings is 2. The lowest BCUT2D eigenvalue weighted by Crippen LogP contribution is -2.17. The fourth-order valence-electron chi connectivity index (χ4n) is 2.75. The molecular weight excluding hydrogens is 322 g/mol. The number of methoxy groups -OCH3 is 2. The molecule has 0 atom stereocenters. The Balaban J connectivity index is 1.74. The van der Waals surface area contributed by atoms with Gasteiger partial charge in [0.05, 0.1) is 20.6 Å². The predicted octanol–water partition coefficient (Wildman–Crippen LogP) is 2.96. The van der Waals surface area contributed by atoms with E-state index in [9.17, 15) is 4.79 Å². The minimum atomic E-state index is -0.152. The second-order valence-electron chi connectivity index (χ2n) is 5.72. The molecule has 1 amide bonds. The first-order chi connectivity index (χ1) is 12.1. The topological polar surface area (TPSA) is 66.0 Å². The lowest BCUT2D eigenvalue weighted by molar-refractivity contribution is -0.115. The third-order valence-electron chi connectivity index (χ3n) is 3.97. The van der Waals surface area contributed by atoms with Crippen molar-refractivity contribution in [3.63, 3.8) is 0 Å². The molecule has 0 aromatic heterocycles. The summed E-state index contributed by atoms with van der Waals surface area (Å²) in [5.74, 6) is 2.56. The zero-order chi connectivity index (χ0) is 17.8. The van der Waals surface area contributed by atoms with Gasteiger partial charge in [-0.2, -0.15) is 0 Å². The van der Waals surface area contributed by atoms with E-state index in [2.05, 4.69) is 5.32 Å². The predicted molar refractivity (Wildman–Crippen MR) is 94.0 cm³/mol. The zero-order valence-corrected chi connectivity index (χ0v) is 14.5. The van der Waals surface area contributed by atoms with Crippen LogP contribution in [0.5, 0.6) is 23.0 Å². The summed E-state index contributed by atoms with van der Waals surface area (Å²) in [6.07, 6.45) is 0.175. The third-order valence-corrected chi connectivity index (χ3v) is 3.97. The van der Waals surface area contributed by atoms with Gasteiger partial charge in [0, 0.05) is 17.3 Å². The average molecular weight is 343 g/mol. The van der Waals surface area contributed by atoms with E-state index in [1.165, 1.54) is 0 Å². The van der Waals surface area contributed by atoms with Crippen LogP contribution in [-0.2, 0) is 11.2 Å².